The Morgan fingerprint density at radius 1 is 1.37 bits per heavy atom. The van der Waals surface area contributed by atoms with Gasteiger partial charge in [-0.3, -0.25) is 14.9 Å². The van der Waals surface area contributed by atoms with E-state index in [1.807, 2.05) is 11.8 Å². The van der Waals surface area contributed by atoms with Crippen molar-refractivity contribution in [3.63, 3.8) is 0 Å². The molecule has 0 aliphatic carbocycles. The minimum Gasteiger partial charge on any atom is -0.379 e. The topological polar surface area (TPSA) is 72.2 Å². The van der Waals surface area contributed by atoms with Gasteiger partial charge in [0.15, 0.2) is 0 Å². The third kappa shape index (κ3) is 5.30. The Morgan fingerprint density at radius 2 is 2.16 bits per heavy atom. The van der Waals surface area contributed by atoms with Crippen molar-refractivity contribution in [2.75, 3.05) is 23.9 Å². The molecular formula is C13H18N2O3S. The molecule has 0 aliphatic rings. The molecule has 0 atom stereocenters. The molecule has 0 spiro atoms. The van der Waals surface area contributed by atoms with Gasteiger partial charge in [0.2, 0.25) is 0 Å². The van der Waals surface area contributed by atoms with Crippen LogP contribution in [0.1, 0.15) is 29.6 Å². The second-order valence-corrected chi connectivity index (χ2v) is 5.12. The number of carbonyl (C=O) groups excluding carboxylic acids is 1. The molecule has 0 saturated carbocycles. The van der Waals surface area contributed by atoms with E-state index in [1.54, 1.807) is 12.1 Å². The summed E-state index contributed by atoms with van der Waals surface area (Å²) in [6.45, 7) is 0.704. The smallest absolute Gasteiger partial charge is 0.293 e. The first-order valence-corrected chi connectivity index (χ1v) is 7.55. The summed E-state index contributed by atoms with van der Waals surface area (Å²) in [7, 11) is 0. The van der Waals surface area contributed by atoms with Gasteiger partial charge in [0.1, 0.15) is 12.0 Å². The lowest BCUT2D eigenvalue weighted by Gasteiger charge is -2.07. The molecule has 1 N–H and O–H groups in total. The minimum absolute atomic E-state index is 0.0475. The molecule has 0 fully saturated rings. The number of aldehydes is 1. The highest BCUT2D eigenvalue weighted by atomic mass is 32.2. The number of carbonyl (C=O) groups is 1. The van der Waals surface area contributed by atoms with Crippen molar-refractivity contribution in [3.05, 3.63) is 33.9 Å². The normalized spacial score (nSPS) is 10.2. The monoisotopic (exact) mass is 282 g/mol. The molecule has 1 aromatic carbocycles. The Morgan fingerprint density at radius 3 is 2.79 bits per heavy atom. The summed E-state index contributed by atoms with van der Waals surface area (Å²) < 4.78 is 0. The Kier molecular flexibility index (Phi) is 6.95. The number of nitrogens with zero attached hydrogens (tertiary/aromatic N) is 1. The Hall–Kier alpha value is -1.56. The summed E-state index contributed by atoms with van der Waals surface area (Å²) in [4.78, 5) is 21.0. The summed E-state index contributed by atoms with van der Waals surface area (Å²) in [6.07, 6.45) is 5.94. The Labute approximate surface area is 116 Å². The van der Waals surface area contributed by atoms with E-state index in [-0.39, 0.29) is 5.69 Å². The standard InChI is InChI=1S/C13H18N2O3S/c1-19-8-4-2-3-7-14-12-6-5-11(10-16)9-13(12)15(17)18/h5-6,9-10,14H,2-4,7-8H2,1H3. The maximum absolute atomic E-state index is 10.9. The molecule has 5 nitrogen and oxygen atoms in total. The first kappa shape index (κ1) is 15.5. The van der Waals surface area contributed by atoms with Gasteiger partial charge in [-0.15, -0.1) is 0 Å². The summed E-state index contributed by atoms with van der Waals surface area (Å²) in [5, 5.41) is 14.0. The zero-order valence-electron chi connectivity index (χ0n) is 10.9. The van der Waals surface area contributed by atoms with Crippen LogP contribution in [-0.4, -0.2) is 29.8 Å². The predicted octanol–water partition coefficient (Wildman–Crippen LogP) is 3.35. The minimum atomic E-state index is -0.469. The van der Waals surface area contributed by atoms with Gasteiger partial charge >= 0.3 is 0 Å². The van der Waals surface area contributed by atoms with E-state index in [0.29, 0.717) is 24.1 Å². The molecule has 0 bridgehead atoms. The van der Waals surface area contributed by atoms with E-state index < -0.39 is 4.92 Å². The largest absolute Gasteiger partial charge is 0.379 e. The highest BCUT2D eigenvalue weighted by Gasteiger charge is 2.13. The van der Waals surface area contributed by atoms with Gasteiger partial charge in [-0.05, 0) is 37.0 Å². The quantitative estimate of drug-likeness (QED) is 0.325. The molecule has 6 heteroatoms. The van der Waals surface area contributed by atoms with Crippen molar-refractivity contribution in [2.45, 2.75) is 19.3 Å². The van der Waals surface area contributed by atoms with Crippen LogP contribution in [0, 0.1) is 10.1 Å². The highest BCUT2D eigenvalue weighted by Crippen LogP contribution is 2.25. The lowest BCUT2D eigenvalue weighted by atomic mass is 10.2. The maximum atomic E-state index is 10.9. The van der Waals surface area contributed by atoms with Crippen molar-refractivity contribution >= 4 is 29.4 Å². The van der Waals surface area contributed by atoms with E-state index in [9.17, 15) is 14.9 Å². The van der Waals surface area contributed by atoms with Crippen LogP contribution in [0.3, 0.4) is 0 Å². The number of benzene rings is 1. The van der Waals surface area contributed by atoms with Crippen LogP contribution >= 0.6 is 11.8 Å². The van der Waals surface area contributed by atoms with E-state index in [2.05, 4.69) is 11.6 Å². The molecule has 0 amide bonds. The highest BCUT2D eigenvalue weighted by molar-refractivity contribution is 7.98. The number of nitrogens with one attached hydrogen (secondary N) is 1. The molecule has 0 radical (unpaired) electrons. The van der Waals surface area contributed by atoms with Crippen LogP contribution < -0.4 is 5.32 Å². The third-order valence-corrected chi connectivity index (χ3v) is 3.39. The van der Waals surface area contributed by atoms with Crippen LogP contribution in [0.4, 0.5) is 11.4 Å². The number of thioether (sulfide) groups is 1. The van der Waals surface area contributed by atoms with Crippen LogP contribution in [0.25, 0.3) is 0 Å². The number of nitro benzene ring substituents is 1. The van der Waals surface area contributed by atoms with E-state index in [1.165, 1.54) is 6.07 Å². The van der Waals surface area contributed by atoms with Crippen LogP contribution in [0.15, 0.2) is 18.2 Å². The van der Waals surface area contributed by atoms with Crippen LogP contribution in [-0.2, 0) is 0 Å². The van der Waals surface area contributed by atoms with Crippen molar-refractivity contribution in [3.8, 4) is 0 Å². The molecule has 0 aliphatic heterocycles. The lowest BCUT2D eigenvalue weighted by Crippen LogP contribution is -2.05. The SMILES string of the molecule is CSCCCCCNc1ccc(C=O)cc1[N+](=O)[O-]. The van der Waals surface area contributed by atoms with E-state index in [4.69, 9.17) is 0 Å². The van der Waals surface area contributed by atoms with Gasteiger partial charge < -0.3 is 5.32 Å². The fourth-order valence-electron chi connectivity index (χ4n) is 1.69. The molecule has 1 rings (SSSR count). The van der Waals surface area contributed by atoms with Crippen LogP contribution in [0.5, 0.6) is 0 Å². The van der Waals surface area contributed by atoms with E-state index in [0.717, 1.165) is 25.0 Å². The fraction of sp³-hybridized carbons (Fsp3) is 0.462. The Balaban J connectivity index is 2.53. The summed E-state index contributed by atoms with van der Waals surface area (Å²) in [5.74, 6) is 1.15. The molecule has 0 unspecified atom stereocenters. The van der Waals surface area contributed by atoms with Crippen molar-refractivity contribution in [1.82, 2.24) is 0 Å². The molecule has 0 aromatic heterocycles. The van der Waals surface area contributed by atoms with Crippen LogP contribution in [0.2, 0.25) is 0 Å². The second kappa shape index (κ2) is 8.53. The lowest BCUT2D eigenvalue weighted by molar-refractivity contribution is -0.384. The summed E-state index contributed by atoms with van der Waals surface area (Å²) in [6, 6.07) is 4.46. The summed E-state index contributed by atoms with van der Waals surface area (Å²) >= 11 is 1.82. The molecular weight excluding hydrogens is 264 g/mol. The maximum Gasteiger partial charge on any atom is 0.293 e. The first-order chi connectivity index (χ1) is 9.19. The zero-order chi connectivity index (χ0) is 14.1. The average molecular weight is 282 g/mol. The number of hydrogen-bond donors (Lipinski definition) is 1. The second-order valence-electron chi connectivity index (χ2n) is 4.13. The fourth-order valence-corrected chi connectivity index (χ4v) is 2.19. The van der Waals surface area contributed by atoms with Crippen molar-refractivity contribution in [1.29, 1.82) is 0 Å². The number of rotatable bonds is 9. The van der Waals surface area contributed by atoms with Gasteiger partial charge in [-0.2, -0.15) is 11.8 Å². The van der Waals surface area contributed by atoms with E-state index >= 15 is 0 Å². The first-order valence-electron chi connectivity index (χ1n) is 6.15. The molecule has 19 heavy (non-hydrogen) atoms. The summed E-state index contributed by atoms with van der Waals surface area (Å²) in [5.41, 5.74) is 0.742. The third-order valence-electron chi connectivity index (χ3n) is 2.70. The van der Waals surface area contributed by atoms with Gasteiger partial charge in [0.05, 0.1) is 4.92 Å². The van der Waals surface area contributed by atoms with Gasteiger partial charge in [0, 0.05) is 18.2 Å². The molecule has 104 valence electrons. The number of anilines is 1. The molecule has 0 heterocycles. The number of unbranched alkanes of at least 4 members (excludes halogenated alkanes) is 2. The predicted molar refractivity (Wildman–Crippen MR) is 79.2 cm³/mol. The zero-order valence-corrected chi connectivity index (χ0v) is 11.7. The number of nitro groups is 1. The number of hydrogen-bond acceptors (Lipinski definition) is 5. The van der Waals surface area contributed by atoms with Crippen molar-refractivity contribution in [2.24, 2.45) is 0 Å². The Bertz CT molecular complexity index is 438. The average Bonchev–Trinajstić information content (AvgIpc) is 2.42. The van der Waals surface area contributed by atoms with Crippen molar-refractivity contribution < 1.29 is 9.72 Å². The molecule has 0 saturated heterocycles. The van der Waals surface area contributed by atoms with Gasteiger partial charge in [0.25, 0.3) is 5.69 Å². The van der Waals surface area contributed by atoms with Gasteiger partial charge in [-0.1, -0.05) is 6.42 Å². The van der Waals surface area contributed by atoms with Gasteiger partial charge in [-0.25, -0.2) is 0 Å². The molecule has 1 aromatic rings.